The highest BCUT2D eigenvalue weighted by Gasteiger charge is 2.32. The number of nitrogens with one attached hydrogen (secondary N) is 2. The monoisotopic (exact) mass is 701 g/mol. The molecule has 2 aromatic carbocycles. The number of aliphatic carboxylic acids is 1. The Balaban J connectivity index is 1.71. The lowest BCUT2D eigenvalue weighted by Crippen LogP contribution is -2.48. The van der Waals surface area contributed by atoms with Crippen LogP contribution in [0.5, 0.6) is 5.75 Å². The lowest BCUT2D eigenvalue weighted by atomic mass is 9.90. The number of rotatable bonds is 22. The molecule has 266 valence electrons. The molecule has 1 heterocycles. The van der Waals surface area contributed by atoms with Gasteiger partial charge in [-0.3, -0.25) is 23.8 Å². The Hall–Kier alpha value is -4.49. The van der Waals surface area contributed by atoms with Crippen molar-refractivity contribution in [2.24, 2.45) is 5.92 Å². The number of ether oxygens (including phenoxy) is 1. The van der Waals surface area contributed by atoms with Crippen molar-refractivity contribution in [2.45, 2.75) is 58.6 Å². The van der Waals surface area contributed by atoms with E-state index in [2.05, 4.69) is 17.6 Å². The third-order valence-corrected chi connectivity index (χ3v) is 9.52. The first-order chi connectivity index (χ1) is 23.6. The van der Waals surface area contributed by atoms with Crippen LogP contribution in [0.25, 0.3) is 11.3 Å². The molecule has 0 aliphatic carbocycles. The number of carboxylic acids is 1. The van der Waals surface area contributed by atoms with Gasteiger partial charge >= 0.3 is 13.6 Å². The Labute approximate surface area is 285 Å². The lowest BCUT2D eigenvalue weighted by molar-refractivity contribution is -0.200. The molecule has 3 rings (SSSR count). The Morgan fingerprint density at radius 2 is 1.73 bits per heavy atom. The number of hydrogen-bond donors (Lipinski definition) is 3. The summed E-state index contributed by atoms with van der Waals surface area (Å²) in [6.07, 6.45) is 4.21. The fourth-order valence-electron chi connectivity index (χ4n) is 5.12. The molecule has 0 saturated heterocycles. The van der Waals surface area contributed by atoms with E-state index in [0.717, 1.165) is 24.8 Å². The molecule has 3 aromatic rings. The van der Waals surface area contributed by atoms with E-state index in [0.29, 0.717) is 24.8 Å². The quantitative estimate of drug-likeness (QED) is 0.0426. The van der Waals surface area contributed by atoms with Gasteiger partial charge in [-0.05, 0) is 48.7 Å². The average molecular weight is 702 g/mol. The molecule has 14 nitrogen and oxygen atoms in total. The summed E-state index contributed by atoms with van der Waals surface area (Å²) in [4.78, 5) is 55.4. The summed E-state index contributed by atoms with van der Waals surface area (Å²) < 4.78 is 34.3. The van der Waals surface area contributed by atoms with E-state index in [1.54, 1.807) is 0 Å². The molecule has 0 spiro atoms. The minimum absolute atomic E-state index is 0.0619. The number of unbranched alkanes of at least 4 members (excludes halogenated alkanes) is 2. The van der Waals surface area contributed by atoms with E-state index in [4.69, 9.17) is 28.1 Å². The summed E-state index contributed by atoms with van der Waals surface area (Å²) in [6, 6.07) is 16.0. The molecule has 3 N–H and O–H groups in total. The maximum absolute atomic E-state index is 13.5. The van der Waals surface area contributed by atoms with Gasteiger partial charge in [0.25, 0.3) is 5.91 Å². The van der Waals surface area contributed by atoms with Gasteiger partial charge < -0.3 is 33.9 Å². The summed E-state index contributed by atoms with van der Waals surface area (Å²) in [5, 5.41) is 15.7. The van der Waals surface area contributed by atoms with Crippen molar-refractivity contribution >= 4 is 37.1 Å². The van der Waals surface area contributed by atoms with Crippen LogP contribution in [0.3, 0.4) is 0 Å². The Kier molecular flexibility index (Phi) is 15.5. The second-order valence-corrected chi connectivity index (χ2v) is 13.2. The molecule has 49 heavy (non-hydrogen) atoms. The highest BCUT2D eigenvalue weighted by Crippen LogP contribution is 2.46. The molecule has 0 saturated carbocycles. The van der Waals surface area contributed by atoms with Crippen LogP contribution < -0.4 is 20.7 Å². The van der Waals surface area contributed by atoms with Crippen LogP contribution in [-0.4, -0.2) is 67.9 Å². The predicted molar refractivity (Wildman–Crippen MR) is 180 cm³/mol. The molecule has 1 unspecified atom stereocenters. The van der Waals surface area contributed by atoms with Gasteiger partial charge in [0.05, 0.1) is 23.9 Å². The third kappa shape index (κ3) is 11.3. The highest BCUT2D eigenvalue weighted by molar-refractivity contribution is 7.62. The van der Waals surface area contributed by atoms with Gasteiger partial charge in [0, 0.05) is 19.8 Å². The van der Waals surface area contributed by atoms with Crippen molar-refractivity contribution in [1.29, 1.82) is 0 Å². The Bertz CT molecular complexity index is 1570. The van der Waals surface area contributed by atoms with Crippen LogP contribution in [0, 0.1) is 5.92 Å². The minimum Gasteiger partial charge on any atom is -0.482 e. The molecule has 0 aliphatic heterocycles. The second kappa shape index (κ2) is 19.5. The maximum Gasteiger partial charge on any atom is 0.360 e. The molecule has 0 fully saturated rings. The molecular weight excluding hydrogens is 657 g/mol. The van der Waals surface area contributed by atoms with Crippen LogP contribution >= 0.6 is 7.60 Å². The first-order valence-corrected chi connectivity index (χ1v) is 17.4. The molecule has 2 atom stereocenters. The topological polar surface area (TPSA) is 183 Å². The second-order valence-electron chi connectivity index (χ2n) is 11.0. The number of nitrogens with zero attached hydrogens (tertiary/aromatic N) is 1. The van der Waals surface area contributed by atoms with E-state index < -0.39 is 38.0 Å². The van der Waals surface area contributed by atoms with Crippen LogP contribution in [0.2, 0.25) is 0 Å². The van der Waals surface area contributed by atoms with Gasteiger partial charge in [-0.2, -0.15) is 0 Å². The molecular formula is C34H44N3O11P. The summed E-state index contributed by atoms with van der Waals surface area (Å²) in [6.45, 7) is 3.23. The van der Waals surface area contributed by atoms with Crippen molar-refractivity contribution in [3.05, 3.63) is 72.0 Å². The third-order valence-electron chi connectivity index (χ3n) is 7.67. The average Bonchev–Trinajstić information content (AvgIpc) is 3.62. The zero-order chi connectivity index (χ0) is 35.8. The predicted octanol–water partition coefficient (Wildman–Crippen LogP) is 4.89. The summed E-state index contributed by atoms with van der Waals surface area (Å²) >= 11 is 0. The van der Waals surface area contributed by atoms with Gasteiger partial charge in [0.15, 0.2) is 12.4 Å². The van der Waals surface area contributed by atoms with Crippen LogP contribution in [0.4, 0.5) is 0 Å². The number of benzene rings is 2. The Morgan fingerprint density at radius 3 is 2.37 bits per heavy atom. The largest absolute Gasteiger partial charge is 0.482 e. The molecule has 15 heteroatoms. The molecule has 1 aromatic heterocycles. The van der Waals surface area contributed by atoms with E-state index >= 15 is 0 Å². The van der Waals surface area contributed by atoms with E-state index in [-0.39, 0.29) is 41.8 Å². The van der Waals surface area contributed by atoms with Gasteiger partial charge in [-0.15, -0.1) is 0 Å². The summed E-state index contributed by atoms with van der Waals surface area (Å²) in [5.41, 5.74) is 1.19. The number of carbonyl (C=O) groups excluding carboxylic acids is 3. The molecule has 3 amide bonds. The standard InChI is InChI=1S/C34H44N3O11P/c1-5-7-9-14-28(29(6-2)37(23-38)47-20-24-12-10-8-11-13-24)33(41)35-22-36-34(42)31-16-15-30(48-31)25-17-26(46-21-32(39)40)19-27(18-25)49(43,44-3)45-4/h8,10-13,15-19,23,28-29H,5-7,9,14,20-22H2,1-4H3,(H,35,41)(H,36,42)(H,39,40)/t28?,29-/m1/s1. The number of amides is 3. The molecule has 0 bridgehead atoms. The lowest BCUT2D eigenvalue weighted by Gasteiger charge is -2.32. The van der Waals surface area contributed by atoms with E-state index in [1.165, 1.54) is 49.6 Å². The fourth-order valence-corrected chi connectivity index (χ4v) is 6.28. The number of furan rings is 1. The number of carbonyl (C=O) groups is 4. The van der Waals surface area contributed by atoms with Crippen molar-refractivity contribution in [3.63, 3.8) is 0 Å². The first-order valence-electron chi connectivity index (χ1n) is 15.9. The summed E-state index contributed by atoms with van der Waals surface area (Å²) in [5.74, 6) is -2.62. The number of hydroxylamine groups is 2. The van der Waals surface area contributed by atoms with Gasteiger partial charge in [-0.1, -0.05) is 63.4 Å². The maximum atomic E-state index is 13.5. The van der Waals surface area contributed by atoms with Crippen molar-refractivity contribution in [3.8, 4) is 17.1 Å². The van der Waals surface area contributed by atoms with Crippen molar-refractivity contribution < 1.29 is 51.9 Å². The first kappa shape index (κ1) is 39.0. The SMILES string of the molecule is CCCCCC(C(=O)NCNC(=O)c1ccc(-c2cc(OCC(=O)O)cc(P(=O)(OC)OC)c2)o1)[C@@H](CC)N(C=O)OCc1ccccc1. The van der Waals surface area contributed by atoms with E-state index in [9.17, 15) is 23.7 Å². The number of hydrogen-bond acceptors (Lipinski definition) is 10. The number of carboxylic acid groups (broad SMARTS) is 1. The normalized spacial score (nSPS) is 12.5. The Morgan fingerprint density at radius 1 is 1.00 bits per heavy atom. The smallest absolute Gasteiger partial charge is 0.360 e. The highest BCUT2D eigenvalue weighted by atomic mass is 31.2. The van der Waals surface area contributed by atoms with Crippen molar-refractivity contribution in [2.75, 3.05) is 27.5 Å². The molecule has 0 aliphatic rings. The zero-order valence-corrected chi connectivity index (χ0v) is 29.0. The van der Waals surface area contributed by atoms with E-state index in [1.807, 2.05) is 37.3 Å². The van der Waals surface area contributed by atoms with Gasteiger partial charge in [-0.25, -0.2) is 9.86 Å². The van der Waals surface area contributed by atoms with Crippen LogP contribution in [0.1, 0.15) is 62.1 Å². The molecule has 0 radical (unpaired) electrons. The summed E-state index contributed by atoms with van der Waals surface area (Å²) in [7, 11) is -1.35. The zero-order valence-electron chi connectivity index (χ0n) is 28.1. The van der Waals surface area contributed by atoms with Crippen LogP contribution in [-0.2, 0) is 39.4 Å². The van der Waals surface area contributed by atoms with Gasteiger partial charge in [0.2, 0.25) is 12.3 Å². The van der Waals surface area contributed by atoms with Gasteiger partial charge in [0.1, 0.15) is 18.1 Å². The minimum atomic E-state index is -3.76. The van der Waals surface area contributed by atoms with Crippen LogP contribution in [0.15, 0.2) is 65.1 Å². The fraction of sp³-hybridized carbons (Fsp3) is 0.412. The van der Waals surface area contributed by atoms with Crippen molar-refractivity contribution in [1.82, 2.24) is 15.7 Å².